The first-order valence-electron chi connectivity index (χ1n) is 8.48. The van der Waals surface area contributed by atoms with Crippen molar-refractivity contribution in [1.29, 1.82) is 0 Å². The Kier molecular flexibility index (Phi) is 5.10. The number of fused-ring (bicyclic) bond motifs is 1. The Balaban J connectivity index is 1.75. The Bertz CT molecular complexity index is 1040. The lowest BCUT2D eigenvalue weighted by molar-refractivity contribution is -0.385. The van der Waals surface area contributed by atoms with Crippen LogP contribution in [0.15, 0.2) is 42.7 Å². The minimum Gasteiger partial charge on any atom is -0.496 e. The lowest BCUT2D eigenvalue weighted by atomic mass is 10.1. The summed E-state index contributed by atoms with van der Waals surface area (Å²) in [6.45, 7) is 0. The molecule has 0 bridgehead atoms. The van der Waals surface area contributed by atoms with Crippen molar-refractivity contribution in [3.05, 3.63) is 68.8 Å². The van der Waals surface area contributed by atoms with E-state index in [0.29, 0.717) is 11.3 Å². The zero-order valence-electron chi connectivity index (χ0n) is 14.9. The molecule has 0 spiro atoms. The first kappa shape index (κ1) is 18.6. The van der Waals surface area contributed by atoms with Crippen LogP contribution in [0, 0.1) is 10.1 Å². The SMILES string of the molecule is COc1ccc(OC(=O)c2c(-n3cccc3)sc3c2CCSC3)c([N+](=O)[O-])c1. The Morgan fingerprint density at radius 2 is 2.07 bits per heavy atom. The van der Waals surface area contributed by atoms with E-state index in [1.165, 1.54) is 25.3 Å². The van der Waals surface area contributed by atoms with Gasteiger partial charge in [0.15, 0.2) is 0 Å². The molecule has 0 unspecified atom stereocenters. The number of thiophene rings is 1. The number of methoxy groups -OCH3 is 1. The number of nitro groups is 1. The summed E-state index contributed by atoms with van der Waals surface area (Å²) in [6.07, 6.45) is 4.51. The van der Waals surface area contributed by atoms with Gasteiger partial charge in [-0.3, -0.25) is 10.1 Å². The second-order valence-electron chi connectivity index (χ2n) is 6.06. The van der Waals surface area contributed by atoms with Gasteiger partial charge in [0.25, 0.3) is 0 Å². The van der Waals surface area contributed by atoms with Gasteiger partial charge in [-0.25, -0.2) is 4.79 Å². The number of rotatable bonds is 5. The Morgan fingerprint density at radius 3 is 2.79 bits per heavy atom. The lowest BCUT2D eigenvalue weighted by Crippen LogP contribution is -2.15. The van der Waals surface area contributed by atoms with Crippen molar-refractivity contribution in [2.24, 2.45) is 0 Å². The maximum Gasteiger partial charge on any atom is 0.347 e. The van der Waals surface area contributed by atoms with E-state index in [4.69, 9.17) is 9.47 Å². The zero-order chi connectivity index (χ0) is 19.7. The standard InChI is InChI=1S/C19H16N2O5S2/c1-25-12-4-5-15(14(10-12)21(23)24)26-19(22)17-13-6-9-27-11-16(13)28-18(17)20-7-2-3-8-20/h2-5,7-8,10H,6,9,11H2,1H3. The van der Waals surface area contributed by atoms with Crippen LogP contribution < -0.4 is 9.47 Å². The maximum absolute atomic E-state index is 13.1. The molecule has 28 heavy (non-hydrogen) atoms. The van der Waals surface area contributed by atoms with Crippen molar-refractivity contribution in [2.75, 3.05) is 12.9 Å². The van der Waals surface area contributed by atoms with Gasteiger partial charge in [-0.15, -0.1) is 11.3 Å². The molecule has 144 valence electrons. The normalized spacial score (nSPS) is 13.0. The summed E-state index contributed by atoms with van der Waals surface area (Å²) in [7, 11) is 1.42. The van der Waals surface area contributed by atoms with Crippen molar-refractivity contribution < 1.29 is 19.2 Å². The summed E-state index contributed by atoms with van der Waals surface area (Å²) in [6, 6.07) is 7.93. The monoisotopic (exact) mass is 416 g/mol. The molecule has 0 aliphatic carbocycles. The molecule has 1 aromatic carbocycles. The highest BCUT2D eigenvalue weighted by Gasteiger charge is 2.29. The van der Waals surface area contributed by atoms with Crippen LogP contribution in [0.5, 0.6) is 11.5 Å². The smallest absolute Gasteiger partial charge is 0.347 e. The number of thioether (sulfide) groups is 1. The second kappa shape index (κ2) is 7.69. The molecule has 0 saturated heterocycles. The third-order valence-corrected chi connectivity index (χ3v) is 6.82. The van der Waals surface area contributed by atoms with Crippen molar-refractivity contribution in [2.45, 2.75) is 12.2 Å². The lowest BCUT2D eigenvalue weighted by Gasteiger charge is -2.13. The van der Waals surface area contributed by atoms with Gasteiger partial charge in [-0.05, 0) is 42.0 Å². The van der Waals surface area contributed by atoms with E-state index in [1.807, 2.05) is 40.9 Å². The van der Waals surface area contributed by atoms with Gasteiger partial charge in [0.1, 0.15) is 10.8 Å². The van der Waals surface area contributed by atoms with Gasteiger partial charge in [0.05, 0.1) is 23.7 Å². The average Bonchev–Trinajstić information content (AvgIpc) is 3.35. The number of hydrogen-bond acceptors (Lipinski definition) is 7. The molecular weight excluding hydrogens is 400 g/mol. The molecule has 1 aliphatic rings. The number of hydrogen-bond donors (Lipinski definition) is 0. The number of nitrogens with zero attached hydrogens (tertiary/aromatic N) is 2. The number of carbonyl (C=O) groups is 1. The van der Waals surface area contributed by atoms with Crippen molar-refractivity contribution in [1.82, 2.24) is 4.57 Å². The quantitative estimate of drug-likeness (QED) is 0.264. The molecule has 3 heterocycles. The molecule has 0 saturated carbocycles. The highest BCUT2D eigenvalue weighted by Crippen LogP contribution is 2.39. The fourth-order valence-electron chi connectivity index (χ4n) is 3.08. The number of benzene rings is 1. The topological polar surface area (TPSA) is 83.6 Å². The van der Waals surface area contributed by atoms with E-state index >= 15 is 0 Å². The van der Waals surface area contributed by atoms with Gasteiger partial charge in [0.2, 0.25) is 5.75 Å². The van der Waals surface area contributed by atoms with Gasteiger partial charge in [-0.2, -0.15) is 11.8 Å². The van der Waals surface area contributed by atoms with Crippen LogP contribution in [0.1, 0.15) is 20.8 Å². The molecule has 3 aromatic rings. The fourth-order valence-corrected chi connectivity index (χ4v) is 5.52. The number of aromatic nitrogens is 1. The Hall–Kier alpha value is -2.78. The molecular formula is C19H16N2O5S2. The molecule has 7 nitrogen and oxygen atoms in total. The summed E-state index contributed by atoms with van der Waals surface area (Å²) in [5.41, 5.74) is 1.16. The van der Waals surface area contributed by atoms with E-state index in [9.17, 15) is 14.9 Å². The van der Waals surface area contributed by atoms with Crippen LogP contribution in [0.25, 0.3) is 5.00 Å². The first-order chi connectivity index (χ1) is 13.6. The van der Waals surface area contributed by atoms with Gasteiger partial charge in [0, 0.05) is 23.0 Å². The van der Waals surface area contributed by atoms with E-state index in [1.54, 1.807) is 11.3 Å². The maximum atomic E-state index is 13.1. The molecule has 0 atom stereocenters. The Labute approximate surface area is 169 Å². The van der Waals surface area contributed by atoms with E-state index in [-0.39, 0.29) is 11.4 Å². The highest BCUT2D eigenvalue weighted by atomic mass is 32.2. The van der Waals surface area contributed by atoms with E-state index < -0.39 is 10.9 Å². The van der Waals surface area contributed by atoms with Crippen LogP contribution in [0.2, 0.25) is 0 Å². The summed E-state index contributed by atoms with van der Waals surface area (Å²) in [5.74, 6) is 1.42. The van der Waals surface area contributed by atoms with E-state index in [2.05, 4.69) is 0 Å². The highest BCUT2D eigenvalue weighted by molar-refractivity contribution is 7.98. The third-order valence-electron chi connectivity index (χ3n) is 4.41. The summed E-state index contributed by atoms with van der Waals surface area (Å²) < 4.78 is 12.4. The Morgan fingerprint density at radius 1 is 1.29 bits per heavy atom. The van der Waals surface area contributed by atoms with Crippen LogP contribution in [0.4, 0.5) is 5.69 Å². The molecule has 0 fully saturated rings. The molecule has 9 heteroatoms. The van der Waals surface area contributed by atoms with Crippen LogP contribution in [-0.4, -0.2) is 28.3 Å². The van der Waals surface area contributed by atoms with Crippen LogP contribution >= 0.6 is 23.1 Å². The van der Waals surface area contributed by atoms with Gasteiger partial charge in [-0.1, -0.05) is 0 Å². The fraction of sp³-hybridized carbons (Fsp3) is 0.211. The number of esters is 1. The predicted octanol–water partition coefficient (Wildman–Crippen LogP) is 4.46. The largest absolute Gasteiger partial charge is 0.496 e. The third kappa shape index (κ3) is 3.38. The molecule has 0 amide bonds. The second-order valence-corrected chi connectivity index (χ2v) is 8.25. The molecule has 0 N–H and O–H groups in total. The van der Waals surface area contributed by atoms with Crippen molar-refractivity contribution >= 4 is 34.8 Å². The molecule has 1 aliphatic heterocycles. The molecule has 2 aromatic heterocycles. The van der Waals surface area contributed by atoms with Crippen LogP contribution in [-0.2, 0) is 12.2 Å². The number of ether oxygens (including phenoxy) is 2. The summed E-state index contributed by atoms with van der Waals surface area (Å²) >= 11 is 3.39. The first-order valence-corrected chi connectivity index (χ1v) is 10.5. The predicted molar refractivity (Wildman–Crippen MR) is 108 cm³/mol. The van der Waals surface area contributed by atoms with Gasteiger partial charge >= 0.3 is 11.7 Å². The minimum atomic E-state index is -0.586. The molecule has 0 radical (unpaired) electrons. The van der Waals surface area contributed by atoms with E-state index in [0.717, 1.165) is 33.4 Å². The number of nitro benzene ring substituents is 1. The molecule has 4 rings (SSSR count). The number of carbonyl (C=O) groups excluding carboxylic acids is 1. The zero-order valence-corrected chi connectivity index (χ0v) is 16.5. The minimum absolute atomic E-state index is 0.0978. The summed E-state index contributed by atoms with van der Waals surface area (Å²) in [5, 5.41) is 12.2. The van der Waals surface area contributed by atoms with Crippen molar-refractivity contribution in [3.63, 3.8) is 0 Å². The van der Waals surface area contributed by atoms with Crippen molar-refractivity contribution in [3.8, 4) is 16.5 Å². The van der Waals surface area contributed by atoms with Gasteiger partial charge < -0.3 is 14.0 Å². The van der Waals surface area contributed by atoms with Crippen LogP contribution in [0.3, 0.4) is 0 Å². The summed E-state index contributed by atoms with van der Waals surface area (Å²) in [4.78, 5) is 25.1. The average molecular weight is 416 g/mol.